The molecule has 0 saturated carbocycles. The van der Waals surface area contributed by atoms with Gasteiger partial charge >= 0.3 is 5.97 Å². The number of Topliss-reactive ketones (excluding diaryl/α,β-unsaturated/α-hetero) is 1. The molecule has 1 aliphatic heterocycles. The van der Waals surface area contributed by atoms with E-state index in [0.29, 0.717) is 41.2 Å². The summed E-state index contributed by atoms with van der Waals surface area (Å²) in [5.41, 5.74) is 0.435. The average molecular weight is 488 g/mol. The molecule has 7 nitrogen and oxygen atoms in total. The van der Waals surface area contributed by atoms with Gasteiger partial charge in [-0.15, -0.1) is 11.3 Å². The highest BCUT2D eigenvalue weighted by Gasteiger charge is 2.28. The summed E-state index contributed by atoms with van der Waals surface area (Å²) < 4.78 is 37.6. The molecule has 0 N–H and O–H groups in total. The van der Waals surface area contributed by atoms with Gasteiger partial charge in [-0.2, -0.15) is 4.31 Å². The zero-order valence-corrected chi connectivity index (χ0v) is 18.0. The van der Waals surface area contributed by atoms with Gasteiger partial charge in [0, 0.05) is 28.0 Å². The second-order valence-corrected chi connectivity index (χ2v) is 10.2. The van der Waals surface area contributed by atoms with Gasteiger partial charge in [-0.3, -0.25) is 9.59 Å². The van der Waals surface area contributed by atoms with Gasteiger partial charge in [0.25, 0.3) is 10.0 Å². The molecule has 1 aliphatic rings. The summed E-state index contributed by atoms with van der Waals surface area (Å²) in [6.07, 6.45) is -0.0907. The minimum atomic E-state index is -3.58. The molecular weight excluding hydrogens is 470 g/mol. The number of rotatable bonds is 7. The van der Waals surface area contributed by atoms with Crippen LogP contribution in [0.2, 0.25) is 0 Å². The van der Waals surface area contributed by atoms with Gasteiger partial charge in [0.2, 0.25) is 5.78 Å². The van der Waals surface area contributed by atoms with Crippen molar-refractivity contribution in [3.63, 3.8) is 0 Å². The van der Waals surface area contributed by atoms with Crippen LogP contribution in [0.4, 0.5) is 0 Å². The van der Waals surface area contributed by atoms with Gasteiger partial charge in [-0.25, -0.2) is 8.42 Å². The molecule has 2 heterocycles. The van der Waals surface area contributed by atoms with Crippen molar-refractivity contribution in [2.45, 2.75) is 10.6 Å². The molecule has 10 heteroatoms. The molecule has 2 aromatic rings. The lowest BCUT2D eigenvalue weighted by Gasteiger charge is -2.25. The van der Waals surface area contributed by atoms with Crippen LogP contribution in [-0.4, -0.2) is 57.4 Å². The zero-order chi connectivity index (χ0) is 20.1. The number of halogens is 1. The van der Waals surface area contributed by atoms with E-state index >= 15 is 0 Å². The highest BCUT2D eigenvalue weighted by Crippen LogP contribution is 2.26. The van der Waals surface area contributed by atoms with Crippen LogP contribution < -0.4 is 0 Å². The maximum Gasteiger partial charge on any atom is 0.311 e. The molecule has 1 fully saturated rings. The van der Waals surface area contributed by atoms with Gasteiger partial charge in [-0.05, 0) is 18.2 Å². The molecule has 0 unspecified atom stereocenters. The number of sulfonamides is 1. The minimum absolute atomic E-state index is 0.0907. The number of hydrogen-bond donors (Lipinski definition) is 0. The minimum Gasteiger partial charge on any atom is -0.457 e. The van der Waals surface area contributed by atoms with Crippen LogP contribution in [0.3, 0.4) is 0 Å². The number of carbonyl (C=O) groups is 2. The van der Waals surface area contributed by atoms with Crippen molar-refractivity contribution in [3.8, 4) is 0 Å². The molecule has 3 rings (SSSR count). The summed E-state index contributed by atoms with van der Waals surface area (Å²) in [4.78, 5) is 24.7. The number of hydrogen-bond acceptors (Lipinski definition) is 7. The standard InChI is InChI=1S/C18H18BrNO6S2/c19-15-4-2-1-3-14(15)16(21)12-26-17(22)11-13-5-6-18(27-13)28(23,24)20-7-9-25-10-8-20/h1-6H,7-12H2. The molecule has 0 spiro atoms. The van der Waals surface area contributed by atoms with Crippen molar-refractivity contribution in [2.75, 3.05) is 32.9 Å². The van der Waals surface area contributed by atoms with Gasteiger partial charge < -0.3 is 9.47 Å². The van der Waals surface area contributed by atoms with E-state index in [1.165, 1.54) is 10.4 Å². The number of esters is 1. The van der Waals surface area contributed by atoms with E-state index in [1.54, 1.807) is 30.3 Å². The topological polar surface area (TPSA) is 90.0 Å². The number of morpholine rings is 1. The molecule has 150 valence electrons. The number of benzene rings is 1. The Kier molecular flexibility index (Phi) is 7.00. The Morgan fingerprint density at radius 3 is 2.57 bits per heavy atom. The number of nitrogens with zero attached hydrogens (tertiary/aromatic N) is 1. The second kappa shape index (κ2) is 9.27. The molecule has 28 heavy (non-hydrogen) atoms. The van der Waals surface area contributed by atoms with E-state index in [1.807, 2.05) is 0 Å². The Hall–Kier alpha value is -1.59. The summed E-state index contributed by atoms with van der Waals surface area (Å²) in [6, 6.07) is 9.96. The van der Waals surface area contributed by atoms with Gasteiger partial charge in [0.05, 0.1) is 19.6 Å². The van der Waals surface area contributed by atoms with Crippen molar-refractivity contribution in [1.82, 2.24) is 4.31 Å². The van der Waals surface area contributed by atoms with Crippen molar-refractivity contribution < 1.29 is 27.5 Å². The third kappa shape index (κ3) is 5.06. The zero-order valence-electron chi connectivity index (χ0n) is 14.8. The Labute approximate surface area is 175 Å². The lowest BCUT2D eigenvalue weighted by molar-refractivity contribution is -0.141. The predicted molar refractivity (Wildman–Crippen MR) is 107 cm³/mol. The maximum absolute atomic E-state index is 12.6. The van der Waals surface area contributed by atoms with Crippen LogP contribution in [0, 0.1) is 0 Å². The van der Waals surface area contributed by atoms with Crippen LogP contribution in [0.1, 0.15) is 15.2 Å². The van der Waals surface area contributed by atoms with E-state index in [0.717, 1.165) is 11.3 Å². The highest BCUT2D eigenvalue weighted by atomic mass is 79.9. The fourth-order valence-corrected chi connectivity index (χ4v) is 6.02. The van der Waals surface area contributed by atoms with Crippen LogP contribution >= 0.6 is 27.3 Å². The fourth-order valence-electron chi connectivity index (χ4n) is 2.61. The first-order valence-corrected chi connectivity index (χ1v) is 11.5. The van der Waals surface area contributed by atoms with E-state index in [2.05, 4.69) is 15.9 Å². The van der Waals surface area contributed by atoms with Crippen molar-refractivity contribution >= 4 is 49.0 Å². The maximum atomic E-state index is 12.6. The molecule has 0 radical (unpaired) electrons. The highest BCUT2D eigenvalue weighted by molar-refractivity contribution is 9.10. The molecule has 0 aliphatic carbocycles. The smallest absolute Gasteiger partial charge is 0.311 e. The van der Waals surface area contributed by atoms with Crippen LogP contribution in [0.15, 0.2) is 45.1 Å². The second-order valence-electron chi connectivity index (χ2n) is 5.98. The largest absolute Gasteiger partial charge is 0.457 e. The summed E-state index contributed by atoms with van der Waals surface area (Å²) in [7, 11) is -3.58. The molecule has 1 aromatic carbocycles. The Bertz CT molecular complexity index is 966. The molecular formula is C18H18BrNO6S2. The van der Waals surface area contributed by atoms with E-state index < -0.39 is 16.0 Å². The number of thiophene rings is 1. The first-order chi connectivity index (χ1) is 13.4. The molecule has 0 atom stereocenters. The summed E-state index contributed by atoms with van der Waals surface area (Å²) in [6.45, 7) is 1.000. The quantitative estimate of drug-likeness (QED) is 0.440. The Morgan fingerprint density at radius 2 is 1.86 bits per heavy atom. The summed E-state index contributed by atoms with van der Waals surface area (Å²) in [5, 5.41) is 0. The Morgan fingerprint density at radius 1 is 1.14 bits per heavy atom. The Balaban J connectivity index is 1.56. The van der Waals surface area contributed by atoms with Crippen LogP contribution in [0.25, 0.3) is 0 Å². The van der Waals surface area contributed by atoms with Crippen molar-refractivity contribution in [3.05, 3.63) is 51.3 Å². The fraction of sp³-hybridized carbons (Fsp3) is 0.333. The third-order valence-corrected chi connectivity index (χ3v) is 8.20. The molecule has 1 aromatic heterocycles. The first kappa shape index (κ1) is 21.1. The lowest BCUT2D eigenvalue weighted by Crippen LogP contribution is -2.40. The van der Waals surface area contributed by atoms with E-state index in [-0.39, 0.29) is 23.0 Å². The molecule has 1 saturated heterocycles. The molecule has 0 amide bonds. The summed E-state index contributed by atoms with van der Waals surface area (Å²) >= 11 is 4.31. The van der Waals surface area contributed by atoms with Gasteiger partial charge in [0.15, 0.2) is 6.61 Å². The monoisotopic (exact) mass is 487 g/mol. The van der Waals surface area contributed by atoms with E-state index in [4.69, 9.17) is 9.47 Å². The van der Waals surface area contributed by atoms with Crippen molar-refractivity contribution in [1.29, 1.82) is 0 Å². The normalized spacial score (nSPS) is 15.3. The third-order valence-electron chi connectivity index (χ3n) is 4.06. The lowest BCUT2D eigenvalue weighted by atomic mass is 10.1. The van der Waals surface area contributed by atoms with E-state index in [9.17, 15) is 18.0 Å². The number of ether oxygens (including phenoxy) is 2. The predicted octanol–water partition coefficient (Wildman–Crippen LogP) is 2.50. The first-order valence-electron chi connectivity index (χ1n) is 8.48. The van der Waals surface area contributed by atoms with Gasteiger partial charge in [-0.1, -0.05) is 34.1 Å². The average Bonchev–Trinajstić information content (AvgIpc) is 3.16. The number of carbonyl (C=O) groups excluding carboxylic acids is 2. The van der Waals surface area contributed by atoms with Gasteiger partial charge in [0.1, 0.15) is 4.21 Å². The van der Waals surface area contributed by atoms with Crippen LogP contribution in [-0.2, 0) is 30.7 Å². The number of ketones is 1. The van der Waals surface area contributed by atoms with Crippen molar-refractivity contribution in [2.24, 2.45) is 0 Å². The van der Waals surface area contributed by atoms with Crippen LogP contribution in [0.5, 0.6) is 0 Å². The summed E-state index contributed by atoms with van der Waals surface area (Å²) in [5.74, 6) is -0.903. The SMILES string of the molecule is O=C(Cc1ccc(S(=O)(=O)N2CCOCC2)s1)OCC(=O)c1ccccc1Br. The molecule has 0 bridgehead atoms.